The van der Waals surface area contributed by atoms with Gasteiger partial charge in [0.05, 0.1) is 12.1 Å². The topological polar surface area (TPSA) is 34.9 Å². The number of aromatic nitrogens is 2. The minimum Gasteiger partial charge on any atom is -0.294 e. The molecule has 1 aromatic carbocycles. The summed E-state index contributed by atoms with van der Waals surface area (Å²) in [4.78, 5) is 12.3. The molecule has 1 aromatic heterocycles. The van der Waals surface area contributed by atoms with Gasteiger partial charge in [-0.2, -0.15) is 5.10 Å². The van der Waals surface area contributed by atoms with Gasteiger partial charge in [-0.15, -0.1) is 0 Å². The highest BCUT2D eigenvalue weighted by Crippen LogP contribution is 2.14. The van der Waals surface area contributed by atoms with Crippen LogP contribution in [-0.2, 0) is 6.42 Å². The van der Waals surface area contributed by atoms with E-state index in [4.69, 9.17) is 0 Å². The van der Waals surface area contributed by atoms with Crippen molar-refractivity contribution in [1.29, 1.82) is 0 Å². The lowest BCUT2D eigenvalue weighted by Gasteiger charge is -2.06. The summed E-state index contributed by atoms with van der Waals surface area (Å²) in [5.41, 5.74) is 3.78. The molecule has 0 saturated heterocycles. The van der Waals surface area contributed by atoms with Crippen LogP contribution >= 0.6 is 0 Å². The lowest BCUT2D eigenvalue weighted by molar-refractivity contribution is 0.0991. The number of Topliss-reactive ketones (excluding diaryl/α,β-unsaturated/α-hetero) is 1. The maximum atomic E-state index is 12.3. The summed E-state index contributed by atoms with van der Waals surface area (Å²) in [6.07, 6.45) is 2.29. The van der Waals surface area contributed by atoms with Gasteiger partial charge in [-0.1, -0.05) is 17.7 Å². The van der Waals surface area contributed by atoms with Crippen LogP contribution in [0.4, 0.5) is 0 Å². The van der Waals surface area contributed by atoms with Crippen molar-refractivity contribution in [1.82, 2.24) is 9.78 Å². The molecule has 0 aliphatic carbocycles. The van der Waals surface area contributed by atoms with Crippen LogP contribution in [-0.4, -0.2) is 15.6 Å². The van der Waals surface area contributed by atoms with Crippen molar-refractivity contribution < 1.29 is 4.79 Å². The molecule has 0 amide bonds. The summed E-state index contributed by atoms with van der Waals surface area (Å²) in [5.74, 6) is 0.134. The minimum absolute atomic E-state index is 0.134. The van der Waals surface area contributed by atoms with Crippen LogP contribution in [0.5, 0.6) is 0 Å². The largest absolute Gasteiger partial charge is 0.294 e. The normalized spacial score (nSPS) is 11.0. The average molecular weight is 256 g/mol. The summed E-state index contributed by atoms with van der Waals surface area (Å²) in [6.45, 7) is 8.12. The van der Waals surface area contributed by atoms with E-state index in [1.165, 1.54) is 0 Å². The van der Waals surface area contributed by atoms with Crippen LogP contribution in [0.25, 0.3) is 0 Å². The zero-order valence-corrected chi connectivity index (χ0v) is 12.0. The molecule has 0 fully saturated rings. The van der Waals surface area contributed by atoms with E-state index < -0.39 is 0 Å². The Hall–Kier alpha value is -1.90. The lowest BCUT2D eigenvalue weighted by Crippen LogP contribution is -2.08. The highest BCUT2D eigenvalue weighted by Gasteiger charge is 2.12. The van der Waals surface area contributed by atoms with Crippen molar-refractivity contribution in [2.45, 2.75) is 40.2 Å². The SMILES string of the molecule is Cc1ccc(C)c(C(=O)Cc2ccn(C(C)C)n2)c1. The zero-order chi connectivity index (χ0) is 14.0. The van der Waals surface area contributed by atoms with Crippen molar-refractivity contribution in [2.75, 3.05) is 0 Å². The zero-order valence-electron chi connectivity index (χ0n) is 12.0. The number of hydrogen-bond donors (Lipinski definition) is 0. The molecule has 1 heterocycles. The van der Waals surface area contributed by atoms with E-state index in [0.29, 0.717) is 12.5 Å². The van der Waals surface area contributed by atoms with E-state index in [0.717, 1.165) is 22.4 Å². The van der Waals surface area contributed by atoms with Crippen LogP contribution < -0.4 is 0 Å². The average Bonchev–Trinajstić information content (AvgIpc) is 2.80. The molecule has 0 radical (unpaired) electrons. The van der Waals surface area contributed by atoms with Crippen LogP contribution in [0.2, 0.25) is 0 Å². The van der Waals surface area contributed by atoms with Crippen molar-refractivity contribution in [3.05, 3.63) is 52.8 Å². The molecule has 0 aliphatic rings. The van der Waals surface area contributed by atoms with Crippen LogP contribution in [0.1, 0.15) is 47.1 Å². The number of ketones is 1. The molecule has 0 spiro atoms. The van der Waals surface area contributed by atoms with Crippen molar-refractivity contribution in [3.8, 4) is 0 Å². The maximum Gasteiger partial charge on any atom is 0.169 e. The molecule has 3 heteroatoms. The Bertz CT molecular complexity index is 597. The molecule has 0 bridgehead atoms. The Morgan fingerprint density at radius 2 is 2.00 bits per heavy atom. The Labute approximate surface area is 114 Å². The van der Waals surface area contributed by atoms with Gasteiger partial charge in [0, 0.05) is 17.8 Å². The number of aryl methyl sites for hydroxylation is 2. The number of nitrogens with zero attached hydrogens (tertiary/aromatic N) is 2. The fraction of sp³-hybridized carbons (Fsp3) is 0.375. The highest BCUT2D eigenvalue weighted by molar-refractivity contribution is 5.98. The number of benzene rings is 1. The summed E-state index contributed by atoms with van der Waals surface area (Å²) in [5, 5.41) is 4.42. The van der Waals surface area contributed by atoms with Gasteiger partial charge >= 0.3 is 0 Å². The van der Waals surface area contributed by atoms with E-state index >= 15 is 0 Å². The van der Waals surface area contributed by atoms with E-state index in [9.17, 15) is 4.79 Å². The summed E-state index contributed by atoms with van der Waals surface area (Å²) >= 11 is 0. The molecular weight excluding hydrogens is 236 g/mol. The predicted octanol–water partition coefficient (Wildman–Crippen LogP) is 3.51. The van der Waals surface area contributed by atoms with Crippen LogP contribution in [0.15, 0.2) is 30.5 Å². The van der Waals surface area contributed by atoms with Gasteiger partial charge in [-0.05, 0) is 45.4 Å². The fourth-order valence-electron chi connectivity index (χ4n) is 2.06. The first-order valence-corrected chi connectivity index (χ1v) is 6.62. The van der Waals surface area contributed by atoms with Crippen LogP contribution in [0, 0.1) is 13.8 Å². The predicted molar refractivity (Wildman–Crippen MR) is 76.6 cm³/mol. The van der Waals surface area contributed by atoms with Crippen molar-refractivity contribution in [3.63, 3.8) is 0 Å². The molecule has 2 aromatic rings. The second-order valence-electron chi connectivity index (χ2n) is 5.30. The third-order valence-electron chi connectivity index (χ3n) is 3.23. The fourth-order valence-corrected chi connectivity index (χ4v) is 2.06. The molecule has 3 nitrogen and oxygen atoms in total. The Morgan fingerprint density at radius 3 is 2.63 bits per heavy atom. The van der Waals surface area contributed by atoms with Crippen LogP contribution in [0.3, 0.4) is 0 Å². The molecular formula is C16H20N2O. The third kappa shape index (κ3) is 3.11. The molecule has 0 saturated carbocycles. The Kier molecular flexibility index (Phi) is 3.84. The van der Waals surface area contributed by atoms with E-state index in [2.05, 4.69) is 18.9 Å². The molecule has 0 unspecified atom stereocenters. The molecule has 0 N–H and O–H groups in total. The standard InChI is InChI=1S/C16H20N2O/c1-11(2)18-8-7-14(17-18)10-16(19)15-9-12(3)5-6-13(15)4/h5-9,11H,10H2,1-4H3. The highest BCUT2D eigenvalue weighted by atomic mass is 16.1. The first-order chi connectivity index (χ1) is 8.97. The van der Waals surface area contributed by atoms with Gasteiger partial charge in [-0.3, -0.25) is 9.48 Å². The quantitative estimate of drug-likeness (QED) is 0.785. The number of carbonyl (C=O) groups excluding carboxylic acids is 1. The Balaban J connectivity index is 2.18. The number of carbonyl (C=O) groups is 1. The van der Waals surface area contributed by atoms with Gasteiger partial charge in [-0.25, -0.2) is 0 Å². The summed E-state index contributed by atoms with van der Waals surface area (Å²) in [7, 11) is 0. The van der Waals surface area contributed by atoms with Gasteiger partial charge in [0.15, 0.2) is 5.78 Å². The van der Waals surface area contributed by atoms with Gasteiger partial charge in [0.1, 0.15) is 0 Å². The van der Waals surface area contributed by atoms with E-state index in [-0.39, 0.29) is 5.78 Å². The second kappa shape index (κ2) is 5.39. The van der Waals surface area contributed by atoms with Gasteiger partial charge in [0.25, 0.3) is 0 Å². The van der Waals surface area contributed by atoms with Crippen molar-refractivity contribution in [2.24, 2.45) is 0 Å². The first kappa shape index (κ1) is 13.5. The molecule has 0 atom stereocenters. The second-order valence-corrected chi connectivity index (χ2v) is 5.30. The minimum atomic E-state index is 0.134. The van der Waals surface area contributed by atoms with E-state index in [1.807, 2.05) is 49.0 Å². The summed E-state index contributed by atoms with van der Waals surface area (Å²) in [6, 6.07) is 8.22. The van der Waals surface area contributed by atoms with Gasteiger partial charge in [0.2, 0.25) is 0 Å². The number of hydrogen-bond acceptors (Lipinski definition) is 2. The monoisotopic (exact) mass is 256 g/mol. The summed E-state index contributed by atoms with van der Waals surface area (Å²) < 4.78 is 1.88. The maximum absolute atomic E-state index is 12.3. The first-order valence-electron chi connectivity index (χ1n) is 6.62. The third-order valence-corrected chi connectivity index (χ3v) is 3.23. The molecule has 2 rings (SSSR count). The molecule has 19 heavy (non-hydrogen) atoms. The lowest BCUT2D eigenvalue weighted by atomic mass is 9.99. The van der Waals surface area contributed by atoms with Gasteiger partial charge < -0.3 is 0 Å². The molecule has 100 valence electrons. The van der Waals surface area contributed by atoms with E-state index in [1.54, 1.807) is 0 Å². The smallest absolute Gasteiger partial charge is 0.169 e. The Morgan fingerprint density at radius 1 is 1.26 bits per heavy atom. The molecule has 0 aliphatic heterocycles. The number of rotatable bonds is 4. The van der Waals surface area contributed by atoms with Crippen molar-refractivity contribution >= 4 is 5.78 Å².